The Morgan fingerprint density at radius 1 is 1.12 bits per heavy atom. The van der Waals surface area contributed by atoms with Crippen LogP contribution < -0.4 is 15.6 Å². The van der Waals surface area contributed by atoms with Crippen LogP contribution in [0.3, 0.4) is 0 Å². The fourth-order valence-corrected chi connectivity index (χ4v) is 2.12. The summed E-state index contributed by atoms with van der Waals surface area (Å²) in [6.07, 6.45) is -4.51. The molecule has 0 saturated carbocycles. The van der Waals surface area contributed by atoms with Crippen molar-refractivity contribution in [2.24, 2.45) is 0 Å². The van der Waals surface area contributed by atoms with Gasteiger partial charge in [-0.25, -0.2) is 0 Å². The van der Waals surface area contributed by atoms with E-state index in [1.54, 1.807) is 6.07 Å². The van der Waals surface area contributed by atoms with Crippen molar-refractivity contribution in [1.82, 2.24) is 5.43 Å². The highest BCUT2D eigenvalue weighted by Gasteiger charge is 2.33. The molecule has 0 aliphatic heterocycles. The number of hydrazine groups is 1. The zero-order valence-electron chi connectivity index (χ0n) is 13.2. The van der Waals surface area contributed by atoms with Crippen LogP contribution in [-0.2, 0) is 11.0 Å². The van der Waals surface area contributed by atoms with Gasteiger partial charge in [-0.2, -0.15) is 13.2 Å². The smallest absolute Gasteiger partial charge is 0.418 e. The summed E-state index contributed by atoms with van der Waals surface area (Å²) < 4.78 is 43.9. The van der Waals surface area contributed by atoms with Crippen molar-refractivity contribution < 1.29 is 22.7 Å². The first-order valence-electron chi connectivity index (χ1n) is 7.18. The van der Waals surface area contributed by atoms with Gasteiger partial charge in [-0.05, 0) is 37.6 Å². The van der Waals surface area contributed by atoms with E-state index >= 15 is 0 Å². The van der Waals surface area contributed by atoms with Gasteiger partial charge < -0.3 is 4.74 Å². The second-order valence-corrected chi connectivity index (χ2v) is 5.27. The van der Waals surface area contributed by atoms with E-state index in [9.17, 15) is 18.0 Å². The van der Waals surface area contributed by atoms with Crippen molar-refractivity contribution in [2.45, 2.75) is 20.0 Å². The summed E-state index contributed by atoms with van der Waals surface area (Å²) >= 11 is 0. The van der Waals surface area contributed by atoms with Crippen molar-refractivity contribution in [3.8, 4) is 5.75 Å². The van der Waals surface area contributed by atoms with Gasteiger partial charge in [0.2, 0.25) is 0 Å². The van der Waals surface area contributed by atoms with Gasteiger partial charge in [0.1, 0.15) is 5.75 Å². The van der Waals surface area contributed by atoms with E-state index in [0.29, 0.717) is 5.75 Å². The number of alkyl halides is 3. The van der Waals surface area contributed by atoms with E-state index in [2.05, 4.69) is 10.9 Å². The molecule has 0 heterocycles. The number of ether oxygens (including phenoxy) is 1. The lowest BCUT2D eigenvalue weighted by Crippen LogP contribution is -2.34. The van der Waals surface area contributed by atoms with Gasteiger partial charge in [0.05, 0.1) is 11.3 Å². The Bertz CT molecular complexity index is 730. The van der Waals surface area contributed by atoms with Crippen LogP contribution in [0.15, 0.2) is 42.5 Å². The lowest BCUT2D eigenvalue weighted by Gasteiger charge is -2.15. The minimum absolute atomic E-state index is 0.232. The molecule has 0 saturated heterocycles. The van der Waals surface area contributed by atoms with Gasteiger partial charge in [-0.15, -0.1) is 0 Å². The number of carbonyl (C=O) groups is 1. The van der Waals surface area contributed by atoms with E-state index in [4.69, 9.17) is 4.74 Å². The van der Waals surface area contributed by atoms with Gasteiger partial charge in [0.15, 0.2) is 6.61 Å². The first-order chi connectivity index (χ1) is 11.3. The molecule has 7 heteroatoms. The Morgan fingerprint density at radius 2 is 1.83 bits per heavy atom. The second-order valence-electron chi connectivity index (χ2n) is 5.27. The van der Waals surface area contributed by atoms with Crippen molar-refractivity contribution in [1.29, 1.82) is 0 Å². The zero-order valence-corrected chi connectivity index (χ0v) is 13.2. The summed E-state index contributed by atoms with van der Waals surface area (Å²) in [4.78, 5) is 11.7. The SMILES string of the molecule is Cc1ccc(OCC(=O)NNc2ccccc2C(F)(F)F)c(C)c1. The third-order valence-corrected chi connectivity index (χ3v) is 3.26. The molecule has 2 aromatic carbocycles. The number of rotatable bonds is 5. The van der Waals surface area contributed by atoms with Gasteiger partial charge >= 0.3 is 6.18 Å². The van der Waals surface area contributed by atoms with Crippen LogP contribution in [0.25, 0.3) is 0 Å². The largest absolute Gasteiger partial charge is 0.483 e. The molecule has 1 amide bonds. The normalized spacial score (nSPS) is 11.0. The second kappa shape index (κ2) is 7.25. The molecule has 2 aromatic rings. The summed E-state index contributed by atoms with van der Waals surface area (Å²) in [5, 5.41) is 0. The topological polar surface area (TPSA) is 50.4 Å². The number of hydrogen-bond acceptors (Lipinski definition) is 3. The molecule has 0 fully saturated rings. The molecule has 128 valence electrons. The van der Waals surface area contributed by atoms with Gasteiger partial charge in [0, 0.05) is 0 Å². The molecule has 0 aliphatic rings. The molecule has 0 unspecified atom stereocenters. The van der Waals surface area contributed by atoms with E-state index in [-0.39, 0.29) is 12.3 Å². The number of halogens is 3. The standard InChI is InChI=1S/C17H17F3N2O2/c1-11-7-8-15(12(2)9-11)24-10-16(23)22-21-14-6-4-3-5-13(14)17(18,19)20/h3-9,21H,10H2,1-2H3,(H,22,23). The van der Waals surface area contributed by atoms with E-state index < -0.39 is 17.6 Å². The highest BCUT2D eigenvalue weighted by atomic mass is 19.4. The van der Waals surface area contributed by atoms with Crippen LogP contribution in [-0.4, -0.2) is 12.5 Å². The average molecular weight is 338 g/mol. The van der Waals surface area contributed by atoms with Crippen molar-refractivity contribution >= 4 is 11.6 Å². The van der Waals surface area contributed by atoms with Crippen LogP contribution in [0.2, 0.25) is 0 Å². The molecule has 0 bridgehead atoms. The number of nitrogens with one attached hydrogen (secondary N) is 2. The number of para-hydroxylation sites is 1. The van der Waals surface area contributed by atoms with E-state index in [1.807, 2.05) is 26.0 Å². The van der Waals surface area contributed by atoms with Crippen LogP contribution in [0.5, 0.6) is 5.75 Å². The highest BCUT2D eigenvalue weighted by molar-refractivity contribution is 5.79. The molecule has 2 rings (SSSR count). The predicted molar refractivity (Wildman–Crippen MR) is 84.6 cm³/mol. The van der Waals surface area contributed by atoms with Crippen molar-refractivity contribution in [3.05, 3.63) is 59.2 Å². The van der Waals surface area contributed by atoms with Crippen LogP contribution in [0.4, 0.5) is 18.9 Å². The van der Waals surface area contributed by atoms with Crippen molar-refractivity contribution in [3.63, 3.8) is 0 Å². The summed E-state index contributed by atoms with van der Waals surface area (Å²) in [6, 6.07) is 10.4. The maximum Gasteiger partial charge on any atom is 0.418 e. The van der Waals surface area contributed by atoms with Crippen LogP contribution in [0.1, 0.15) is 16.7 Å². The number of carbonyl (C=O) groups excluding carboxylic acids is 1. The first kappa shape index (κ1) is 17.7. The molecule has 0 atom stereocenters. The molecular weight excluding hydrogens is 321 g/mol. The van der Waals surface area contributed by atoms with Crippen LogP contribution in [0, 0.1) is 13.8 Å². The fraction of sp³-hybridized carbons (Fsp3) is 0.235. The van der Waals surface area contributed by atoms with E-state index in [1.165, 1.54) is 18.2 Å². The molecule has 0 spiro atoms. The molecular formula is C17H17F3N2O2. The maximum absolute atomic E-state index is 12.8. The predicted octanol–water partition coefficient (Wildman–Crippen LogP) is 3.84. The quantitative estimate of drug-likeness (QED) is 0.815. The maximum atomic E-state index is 12.8. The molecule has 0 aliphatic carbocycles. The van der Waals surface area contributed by atoms with Gasteiger partial charge in [0.25, 0.3) is 5.91 Å². The minimum atomic E-state index is -4.51. The lowest BCUT2D eigenvalue weighted by atomic mass is 10.1. The van der Waals surface area contributed by atoms with Crippen molar-refractivity contribution in [2.75, 3.05) is 12.0 Å². The minimum Gasteiger partial charge on any atom is -0.483 e. The Labute approximate surface area is 137 Å². The van der Waals surface area contributed by atoms with Gasteiger partial charge in [-0.1, -0.05) is 29.8 Å². The molecule has 0 radical (unpaired) electrons. The number of anilines is 1. The Morgan fingerprint density at radius 3 is 2.50 bits per heavy atom. The Kier molecular flexibility index (Phi) is 5.33. The molecule has 0 aromatic heterocycles. The molecule has 4 nitrogen and oxygen atoms in total. The number of aryl methyl sites for hydroxylation is 2. The number of benzene rings is 2. The third-order valence-electron chi connectivity index (χ3n) is 3.26. The first-order valence-corrected chi connectivity index (χ1v) is 7.18. The third kappa shape index (κ3) is 4.65. The number of hydrogen-bond donors (Lipinski definition) is 2. The number of amides is 1. The summed E-state index contributed by atoms with van der Waals surface area (Å²) in [6.45, 7) is 3.47. The monoisotopic (exact) mass is 338 g/mol. The summed E-state index contributed by atoms with van der Waals surface area (Å²) in [5.74, 6) is -0.0432. The summed E-state index contributed by atoms with van der Waals surface area (Å²) in [5.41, 5.74) is 5.32. The Hall–Kier alpha value is -2.70. The molecule has 2 N–H and O–H groups in total. The fourth-order valence-electron chi connectivity index (χ4n) is 2.12. The Balaban J connectivity index is 1.92. The lowest BCUT2D eigenvalue weighted by molar-refractivity contribution is -0.137. The van der Waals surface area contributed by atoms with Crippen LogP contribution >= 0.6 is 0 Å². The summed E-state index contributed by atoms with van der Waals surface area (Å²) in [7, 11) is 0. The van der Waals surface area contributed by atoms with E-state index in [0.717, 1.165) is 17.2 Å². The average Bonchev–Trinajstić information content (AvgIpc) is 2.51. The zero-order chi connectivity index (χ0) is 17.7. The highest BCUT2D eigenvalue weighted by Crippen LogP contribution is 2.34. The molecule has 24 heavy (non-hydrogen) atoms. The van der Waals surface area contributed by atoms with Gasteiger partial charge in [-0.3, -0.25) is 15.6 Å².